The van der Waals surface area contributed by atoms with Crippen molar-refractivity contribution in [3.05, 3.63) is 28.3 Å². The van der Waals surface area contributed by atoms with Crippen LogP contribution in [0.15, 0.2) is 18.2 Å². The molecule has 0 spiro atoms. The maximum absolute atomic E-state index is 10.6. The molecule has 18 heavy (non-hydrogen) atoms. The van der Waals surface area contributed by atoms with Crippen LogP contribution < -0.4 is 14.8 Å². The van der Waals surface area contributed by atoms with Gasteiger partial charge in [0.05, 0.1) is 24.2 Å². The molecule has 0 aliphatic rings. The zero-order valence-electron chi connectivity index (χ0n) is 10.0. The van der Waals surface area contributed by atoms with Gasteiger partial charge in [0.2, 0.25) is 0 Å². The van der Waals surface area contributed by atoms with E-state index in [0.29, 0.717) is 5.75 Å². The summed E-state index contributed by atoms with van der Waals surface area (Å²) >= 11 is 0. The highest BCUT2D eigenvalue weighted by atomic mass is 16.6. The Hall–Kier alpha value is -2.33. The van der Waals surface area contributed by atoms with Crippen LogP contribution in [-0.2, 0) is 0 Å². The number of non-ortho nitro benzene ring substituents is 1. The molecule has 0 heterocycles. The van der Waals surface area contributed by atoms with Gasteiger partial charge >= 0.3 is 0 Å². The lowest BCUT2D eigenvalue weighted by atomic mass is 10.3. The van der Waals surface area contributed by atoms with E-state index in [-0.39, 0.29) is 18.0 Å². The van der Waals surface area contributed by atoms with E-state index in [1.54, 1.807) is 7.05 Å². The number of hydrogen-bond donors (Lipinski definition) is 1. The molecule has 1 N–H and O–H groups in total. The summed E-state index contributed by atoms with van der Waals surface area (Å²) in [7, 11) is 3.07. The molecule has 1 unspecified atom stereocenters. The number of rotatable bonds is 6. The van der Waals surface area contributed by atoms with Crippen LogP contribution in [0.5, 0.6) is 11.5 Å². The first-order valence-electron chi connectivity index (χ1n) is 5.14. The normalized spacial score (nSPS) is 11.4. The third-order valence-corrected chi connectivity index (χ3v) is 2.27. The quantitative estimate of drug-likeness (QED) is 0.600. The standard InChI is InChI=1S/C11H13N3O4/c1-13-8(6-12)7-18-11-5-9(14(15)16)3-4-10(11)17-2/h3-5,8,13H,7H2,1-2H3. The van der Waals surface area contributed by atoms with Crippen LogP contribution in [0.3, 0.4) is 0 Å². The van der Waals surface area contributed by atoms with E-state index in [0.717, 1.165) is 0 Å². The number of benzene rings is 1. The van der Waals surface area contributed by atoms with E-state index in [4.69, 9.17) is 14.7 Å². The molecule has 1 aromatic rings. The summed E-state index contributed by atoms with van der Waals surface area (Å²) in [6, 6.07) is 5.54. The van der Waals surface area contributed by atoms with Crippen molar-refractivity contribution in [2.45, 2.75) is 6.04 Å². The molecule has 0 saturated carbocycles. The van der Waals surface area contributed by atoms with Crippen LogP contribution in [0.1, 0.15) is 0 Å². The zero-order valence-corrected chi connectivity index (χ0v) is 10.0. The van der Waals surface area contributed by atoms with E-state index in [9.17, 15) is 10.1 Å². The van der Waals surface area contributed by atoms with Crippen molar-refractivity contribution in [1.29, 1.82) is 5.26 Å². The molecule has 7 nitrogen and oxygen atoms in total. The van der Waals surface area contributed by atoms with E-state index < -0.39 is 11.0 Å². The fourth-order valence-electron chi connectivity index (χ4n) is 1.25. The highest BCUT2D eigenvalue weighted by Gasteiger charge is 2.14. The van der Waals surface area contributed by atoms with Crippen molar-refractivity contribution in [2.24, 2.45) is 0 Å². The topological polar surface area (TPSA) is 97.4 Å². The molecule has 0 fully saturated rings. The number of hydrogen-bond acceptors (Lipinski definition) is 6. The van der Waals surface area contributed by atoms with Gasteiger partial charge in [0.15, 0.2) is 11.5 Å². The number of likely N-dealkylation sites (N-methyl/N-ethyl adjacent to an activating group) is 1. The predicted octanol–water partition coefficient (Wildman–Crippen LogP) is 1.09. The summed E-state index contributed by atoms with van der Waals surface area (Å²) in [5.41, 5.74) is -0.0937. The molecule has 0 saturated heterocycles. The molecule has 0 radical (unpaired) electrons. The van der Waals surface area contributed by atoms with Gasteiger partial charge in [-0.15, -0.1) is 0 Å². The summed E-state index contributed by atoms with van der Waals surface area (Å²) in [5, 5.41) is 22.1. The highest BCUT2D eigenvalue weighted by Crippen LogP contribution is 2.31. The molecular formula is C11H13N3O4. The molecule has 1 rings (SSSR count). The maximum atomic E-state index is 10.6. The monoisotopic (exact) mass is 251 g/mol. The molecule has 1 atom stereocenters. The minimum absolute atomic E-state index is 0.0739. The van der Waals surface area contributed by atoms with Crippen molar-refractivity contribution in [3.8, 4) is 17.6 Å². The van der Waals surface area contributed by atoms with Gasteiger partial charge in [-0.3, -0.25) is 10.1 Å². The van der Waals surface area contributed by atoms with Gasteiger partial charge in [0.1, 0.15) is 12.6 Å². The van der Waals surface area contributed by atoms with Crippen molar-refractivity contribution < 1.29 is 14.4 Å². The molecule has 0 aliphatic heterocycles. The smallest absolute Gasteiger partial charge is 0.273 e. The Morgan fingerprint density at radius 3 is 2.78 bits per heavy atom. The van der Waals surface area contributed by atoms with E-state index in [1.165, 1.54) is 25.3 Å². The third kappa shape index (κ3) is 3.33. The number of nitrogens with zero attached hydrogens (tertiary/aromatic N) is 2. The Balaban J connectivity index is 2.88. The summed E-state index contributed by atoms with van der Waals surface area (Å²) < 4.78 is 10.4. The first-order valence-corrected chi connectivity index (χ1v) is 5.14. The van der Waals surface area contributed by atoms with Crippen LogP contribution in [0.25, 0.3) is 0 Å². The van der Waals surface area contributed by atoms with Crippen LogP contribution >= 0.6 is 0 Å². The SMILES string of the molecule is CNC(C#N)COc1cc([N+](=O)[O-])ccc1OC. The lowest BCUT2D eigenvalue weighted by Crippen LogP contribution is -2.29. The van der Waals surface area contributed by atoms with E-state index in [1.807, 2.05) is 6.07 Å². The van der Waals surface area contributed by atoms with Crippen LogP contribution in [0.2, 0.25) is 0 Å². The number of nitro groups is 1. The van der Waals surface area contributed by atoms with Gasteiger partial charge in [-0.2, -0.15) is 5.26 Å². The van der Waals surface area contributed by atoms with E-state index >= 15 is 0 Å². The lowest BCUT2D eigenvalue weighted by molar-refractivity contribution is -0.385. The molecule has 0 bridgehead atoms. The van der Waals surface area contributed by atoms with Crippen LogP contribution in [-0.4, -0.2) is 31.7 Å². The van der Waals surface area contributed by atoms with Gasteiger partial charge in [0, 0.05) is 6.07 Å². The highest BCUT2D eigenvalue weighted by molar-refractivity contribution is 5.48. The second kappa shape index (κ2) is 6.42. The summed E-state index contributed by atoms with van der Waals surface area (Å²) in [6.45, 7) is 0.0739. The van der Waals surface area contributed by atoms with Gasteiger partial charge in [0.25, 0.3) is 5.69 Å². The maximum Gasteiger partial charge on any atom is 0.273 e. The van der Waals surface area contributed by atoms with E-state index in [2.05, 4.69) is 5.32 Å². The largest absolute Gasteiger partial charge is 0.493 e. The minimum atomic E-state index is -0.522. The number of methoxy groups -OCH3 is 1. The third-order valence-electron chi connectivity index (χ3n) is 2.27. The second-order valence-corrected chi connectivity index (χ2v) is 3.37. The van der Waals surface area contributed by atoms with Crippen molar-refractivity contribution in [1.82, 2.24) is 5.32 Å². The van der Waals surface area contributed by atoms with Gasteiger partial charge < -0.3 is 14.8 Å². The minimum Gasteiger partial charge on any atom is -0.493 e. The first kappa shape index (κ1) is 13.7. The fourth-order valence-corrected chi connectivity index (χ4v) is 1.25. The summed E-state index contributed by atoms with van der Waals surface area (Å²) in [4.78, 5) is 10.1. The Kier molecular flexibility index (Phi) is 4.90. The first-order chi connectivity index (χ1) is 8.62. The Morgan fingerprint density at radius 1 is 1.56 bits per heavy atom. The lowest BCUT2D eigenvalue weighted by Gasteiger charge is -2.12. The fraction of sp³-hybridized carbons (Fsp3) is 0.364. The molecule has 0 aliphatic carbocycles. The van der Waals surface area contributed by atoms with Crippen molar-refractivity contribution in [3.63, 3.8) is 0 Å². The Bertz CT molecular complexity index is 470. The molecular weight excluding hydrogens is 238 g/mol. The molecule has 1 aromatic carbocycles. The average molecular weight is 251 g/mol. The van der Waals surface area contributed by atoms with Crippen LogP contribution in [0.4, 0.5) is 5.69 Å². The summed E-state index contributed by atoms with van der Waals surface area (Å²) in [6.07, 6.45) is 0. The van der Waals surface area contributed by atoms with Crippen LogP contribution in [0, 0.1) is 21.4 Å². The van der Waals surface area contributed by atoms with Gasteiger partial charge in [-0.05, 0) is 13.1 Å². The number of nitro benzene ring substituents is 1. The summed E-state index contributed by atoms with van der Waals surface area (Å²) in [5.74, 6) is 0.621. The van der Waals surface area contributed by atoms with Crippen molar-refractivity contribution in [2.75, 3.05) is 20.8 Å². The number of nitrogens with one attached hydrogen (secondary N) is 1. The van der Waals surface area contributed by atoms with Gasteiger partial charge in [-0.1, -0.05) is 0 Å². The Labute approximate surface area is 104 Å². The second-order valence-electron chi connectivity index (χ2n) is 3.37. The number of ether oxygens (including phenoxy) is 2. The molecule has 0 amide bonds. The van der Waals surface area contributed by atoms with Gasteiger partial charge in [-0.25, -0.2) is 0 Å². The number of nitriles is 1. The zero-order chi connectivity index (χ0) is 13.5. The Morgan fingerprint density at radius 2 is 2.28 bits per heavy atom. The molecule has 96 valence electrons. The molecule has 7 heteroatoms. The average Bonchev–Trinajstić information content (AvgIpc) is 2.39. The van der Waals surface area contributed by atoms with Crippen molar-refractivity contribution >= 4 is 5.69 Å². The molecule has 0 aromatic heterocycles. The predicted molar refractivity (Wildman–Crippen MR) is 63.6 cm³/mol.